The van der Waals surface area contributed by atoms with Crippen LogP contribution in [0.15, 0.2) is 40.7 Å². The van der Waals surface area contributed by atoms with E-state index in [4.69, 9.17) is 17.3 Å². The van der Waals surface area contributed by atoms with Crippen LogP contribution in [0.5, 0.6) is 0 Å². The Morgan fingerprint density at radius 1 is 1.50 bits per heavy atom. The maximum atomic E-state index is 12.3. The third-order valence-corrected chi connectivity index (χ3v) is 5.43. The van der Waals surface area contributed by atoms with Gasteiger partial charge in [0, 0.05) is 18.4 Å². The van der Waals surface area contributed by atoms with Crippen molar-refractivity contribution in [2.45, 2.75) is 4.90 Å². The van der Waals surface area contributed by atoms with E-state index in [1.54, 1.807) is 24.3 Å². The second kappa shape index (κ2) is 8.43. The van der Waals surface area contributed by atoms with E-state index in [0.29, 0.717) is 32.0 Å². The molecule has 1 saturated heterocycles. The summed E-state index contributed by atoms with van der Waals surface area (Å²) in [7, 11) is 0. The molecule has 0 atom stereocenters. The first-order chi connectivity index (χ1) is 11.5. The van der Waals surface area contributed by atoms with Gasteiger partial charge in [0.1, 0.15) is 4.32 Å². The molecule has 2 rings (SSSR count). The van der Waals surface area contributed by atoms with Crippen LogP contribution in [0.1, 0.15) is 5.56 Å². The zero-order valence-corrected chi connectivity index (χ0v) is 15.0. The van der Waals surface area contributed by atoms with E-state index in [-0.39, 0.29) is 18.2 Å². The monoisotopic (exact) mass is 382 g/mol. The minimum atomic E-state index is -0.472. The Kier molecular flexibility index (Phi) is 6.55. The van der Waals surface area contributed by atoms with E-state index >= 15 is 0 Å². The largest absolute Gasteiger partial charge is 0.396 e. The molecule has 0 unspecified atom stereocenters. The van der Waals surface area contributed by atoms with Gasteiger partial charge in [0.25, 0.3) is 11.6 Å². The zero-order valence-electron chi connectivity index (χ0n) is 12.5. The average molecular weight is 382 g/mol. The molecule has 1 aromatic rings. The summed E-state index contributed by atoms with van der Waals surface area (Å²) in [6.45, 7) is 3.86. The molecular formula is C15H14N2O4S3. The van der Waals surface area contributed by atoms with Gasteiger partial charge < -0.3 is 5.11 Å². The van der Waals surface area contributed by atoms with Crippen molar-refractivity contribution in [2.24, 2.45) is 0 Å². The lowest BCUT2D eigenvalue weighted by Gasteiger charge is -2.10. The van der Waals surface area contributed by atoms with Crippen LogP contribution in [0.2, 0.25) is 0 Å². The Hall–Kier alpha value is -1.68. The van der Waals surface area contributed by atoms with Crippen molar-refractivity contribution in [2.75, 3.05) is 18.9 Å². The van der Waals surface area contributed by atoms with Crippen LogP contribution in [0.3, 0.4) is 0 Å². The molecule has 6 nitrogen and oxygen atoms in total. The van der Waals surface area contributed by atoms with E-state index < -0.39 is 4.92 Å². The van der Waals surface area contributed by atoms with Crippen LogP contribution >= 0.6 is 35.7 Å². The van der Waals surface area contributed by atoms with Crippen molar-refractivity contribution in [3.05, 3.63) is 51.4 Å². The van der Waals surface area contributed by atoms with Crippen molar-refractivity contribution >= 4 is 57.7 Å². The predicted molar refractivity (Wildman–Crippen MR) is 101 cm³/mol. The Bertz CT molecular complexity index is 733. The quantitative estimate of drug-likeness (QED) is 0.194. The summed E-state index contributed by atoms with van der Waals surface area (Å²) < 4.78 is 0.441. The highest BCUT2D eigenvalue weighted by Gasteiger charge is 2.31. The molecule has 0 saturated carbocycles. The molecule has 126 valence electrons. The van der Waals surface area contributed by atoms with E-state index in [9.17, 15) is 14.9 Å². The lowest BCUT2D eigenvalue weighted by molar-refractivity contribution is -0.387. The first kappa shape index (κ1) is 18.7. The van der Waals surface area contributed by atoms with Gasteiger partial charge in [-0.15, -0.1) is 18.3 Å². The normalized spacial score (nSPS) is 16.0. The lowest BCUT2D eigenvalue weighted by atomic mass is 10.2. The molecule has 0 aromatic heterocycles. The summed E-state index contributed by atoms with van der Waals surface area (Å²) >= 11 is 7.53. The van der Waals surface area contributed by atoms with Crippen LogP contribution in [0.4, 0.5) is 5.69 Å². The minimum absolute atomic E-state index is 0.0521. The molecule has 0 radical (unpaired) electrons. The Balaban J connectivity index is 2.31. The molecular weight excluding hydrogens is 368 g/mol. The standard InChI is InChI=1S/C15H14N2O4S3/c1-2-5-16-14(19)13(24-15(16)22)9-10-3-4-12(23-7-6-18)11(8-10)17(20)21/h2-4,8-9,18H,1,5-7H2/b13-9+. The van der Waals surface area contributed by atoms with Gasteiger partial charge in [-0.05, 0) is 17.7 Å². The summed E-state index contributed by atoms with van der Waals surface area (Å²) in [6, 6.07) is 4.74. The highest BCUT2D eigenvalue weighted by atomic mass is 32.2. The fraction of sp³-hybridized carbons (Fsp3) is 0.200. The van der Waals surface area contributed by atoms with Crippen LogP contribution in [-0.4, -0.2) is 44.1 Å². The second-order valence-corrected chi connectivity index (χ2v) is 7.45. The van der Waals surface area contributed by atoms with Gasteiger partial charge in [-0.25, -0.2) is 0 Å². The summed E-state index contributed by atoms with van der Waals surface area (Å²) in [5.74, 6) is 0.145. The van der Waals surface area contributed by atoms with Gasteiger partial charge in [0.2, 0.25) is 0 Å². The average Bonchev–Trinajstić information content (AvgIpc) is 2.81. The van der Waals surface area contributed by atoms with E-state index in [0.717, 1.165) is 11.8 Å². The number of hydrogen-bond acceptors (Lipinski definition) is 7. The molecule has 0 bridgehead atoms. The predicted octanol–water partition coefficient (Wildman–Crippen LogP) is 3.07. The van der Waals surface area contributed by atoms with E-state index in [2.05, 4.69) is 6.58 Å². The number of rotatable bonds is 7. The number of hydrogen-bond donors (Lipinski definition) is 1. The number of carbonyl (C=O) groups excluding carboxylic acids is 1. The molecule has 1 aliphatic rings. The molecule has 1 heterocycles. The molecule has 1 aliphatic heterocycles. The molecule has 1 aromatic carbocycles. The van der Waals surface area contributed by atoms with Crippen molar-refractivity contribution in [1.82, 2.24) is 4.90 Å². The van der Waals surface area contributed by atoms with Crippen LogP contribution in [0.25, 0.3) is 6.08 Å². The topological polar surface area (TPSA) is 83.7 Å². The van der Waals surface area contributed by atoms with Gasteiger partial charge in [0.05, 0.1) is 21.3 Å². The number of carbonyl (C=O) groups is 1. The number of aliphatic hydroxyl groups is 1. The van der Waals surface area contributed by atoms with E-state index in [1.807, 2.05) is 0 Å². The first-order valence-corrected chi connectivity index (χ1v) is 9.07. The van der Waals surface area contributed by atoms with Gasteiger partial charge in [0.15, 0.2) is 0 Å². The summed E-state index contributed by atoms with van der Waals surface area (Å²) in [4.78, 5) is 25.4. The van der Waals surface area contributed by atoms with Crippen molar-refractivity contribution in [3.63, 3.8) is 0 Å². The highest BCUT2D eigenvalue weighted by Crippen LogP contribution is 2.34. The summed E-state index contributed by atoms with van der Waals surface area (Å²) in [5, 5.41) is 20.1. The van der Waals surface area contributed by atoms with Gasteiger partial charge in [-0.3, -0.25) is 19.8 Å². The zero-order chi connectivity index (χ0) is 17.7. The molecule has 9 heteroatoms. The Morgan fingerprint density at radius 2 is 2.25 bits per heavy atom. The van der Waals surface area contributed by atoms with Crippen LogP contribution < -0.4 is 0 Å². The van der Waals surface area contributed by atoms with E-state index in [1.165, 1.54) is 22.7 Å². The maximum Gasteiger partial charge on any atom is 0.283 e. The number of amides is 1. The summed E-state index contributed by atoms with van der Waals surface area (Å²) in [5.41, 5.74) is 0.498. The van der Waals surface area contributed by atoms with Crippen molar-refractivity contribution < 1.29 is 14.8 Å². The smallest absolute Gasteiger partial charge is 0.283 e. The third kappa shape index (κ3) is 4.23. The first-order valence-electron chi connectivity index (χ1n) is 6.86. The molecule has 24 heavy (non-hydrogen) atoms. The van der Waals surface area contributed by atoms with Crippen LogP contribution in [0, 0.1) is 10.1 Å². The number of benzene rings is 1. The molecule has 0 spiro atoms. The van der Waals surface area contributed by atoms with Crippen molar-refractivity contribution in [1.29, 1.82) is 0 Å². The number of nitro benzene ring substituents is 1. The maximum absolute atomic E-state index is 12.3. The number of nitro groups is 1. The fourth-order valence-electron chi connectivity index (χ4n) is 1.98. The third-order valence-electron chi connectivity index (χ3n) is 3.01. The molecule has 1 fully saturated rings. The van der Waals surface area contributed by atoms with Gasteiger partial charge >= 0.3 is 0 Å². The molecule has 0 aliphatic carbocycles. The SMILES string of the molecule is C=CCN1C(=O)/C(=C\c2ccc(SCCO)c([N+](=O)[O-])c2)SC1=S. The second-order valence-electron chi connectivity index (χ2n) is 4.64. The minimum Gasteiger partial charge on any atom is -0.396 e. The lowest BCUT2D eigenvalue weighted by Crippen LogP contribution is -2.27. The number of nitrogens with zero attached hydrogens (tertiary/aromatic N) is 2. The number of aliphatic hydroxyl groups excluding tert-OH is 1. The molecule has 1 amide bonds. The summed E-state index contributed by atoms with van der Waals surface area (Å²) in [6.07, 6.45) is 3.18. The number of thioether (sulfide) groups is 2. The Labute approximate surface area is 152 Å². The van der Waals surface area contributed by atoms with Crippen LogP contribution in [-0.2, 0) is 4.79 Å². The van der Waals surface area contributed by atoms with Gasteiger partial charge in [-0.2, -0.15) is 0 Å². The Morgan fingerprint density at radius 3 is 2.88 bits per heavy atom. The highest BCUT2D eigenvalue weighted by molar-refractivity contribution is 8.26. The fourth-order valence-corrected chi connectivity index (χ4v) is 4.01. The van der Waals surface area contributed by atoms with Crippen molar-refractivity contribution in [3.8, 4) is 0 Å². The number of thiocarbonyl (C=S) groups is 1. The van der Waals surface area contributed by atoms with Gasteiger partial charge in [-0.1, -0.05) is 36.1 Å². The molecule has 1 N–H and O–H groups in total.